The fraction of sp³-hybridized carbons (Fsp3) is 0.429. The number of carbonyl (C=O) groups is 1. The van der Waals surface area contributed by atoms with E-state index < -0.39 is 6.10 Å². The van der Waals surface area contributed by atoms with Crippen LogP contribution in [0.1, 0.15) is 31.2 Å². The summed E-state index contributed by atoms with van der Waals surface area (Å²) in [6.07, 6.45) is 2.45. The van der Waals surface area contributed by atoms with Gasteiger partial charge in [-0.25, -0.2) is 15.0 Å². The van der Waals surface area contributed by atoms with Gasteiger partial charge in [0.05, 0.1) is 6.33 Å². The lowest BCUT2D eigenvalue weighted by atomic mass is 9.92. The predicted molar refractivity (Wildman–Crippen MR) is 110 cm³/mol. The molecule has 0 saturated carbocycles. The molecule has 0 spiro atoms. The SMILES string of the molecule is CNC(=O)[C@H]1O[C@@H](n2cnc3c(NCc4cccc(C)c4)ncnc32)C(C)[C@H]1C. The lowest BCUT2D eigenvalue weighted by molar-refractivity contribution is -0.135. The van der Waals surface area contributed by atoms with Crippen molar-refractivity contribution in [3.05, 3.63) is 48.0 Å². The number of rotatable bonds is 5. The second-order valence-electron chi connectivity index (χ2n) is 7.67. The van der Waals surface area contributed by atoms with Crippen molar-refractivity contribution >= 4 is 22.9 Å². The first-order valence-corrected chi connectivity index (χ1v) is 9.83. The monoisotopic (exact) mass is 394 g/mol. The summed E-state index contributed by atoms with van der Waals surface area (Å²) in [4.78, 5) is 25.5. The third-order valence-corrected chi connectivity index (χ3v) is 5.72. The normalized spacial score (nSPS) is 24.0. The highest BCUT2D eigenvalue weighted by atomic mass is 16.5. The average Bonchev–Trinajstić information content (AvgIpc) is 3.28. The Bertz CT molecular complexity index is 1030. The van der Waals surface area contributed by atoms with Gasteiger partial charge in [-0.3, -0.25) is 9.36 Å². The van der Waals surface area contributed by atoms with Gasteiger partial charge in [-0.15, -0.1) is 0 Å². The van der Waals surface area contributed by atoms with Gasteiger partial charge in [0.15, 0.2) is 17.0 Å². The zero-order chi connectivity index (χ0) is 20.5. The van der Waals surface area contributed by atoms with Gasteiger partial charge in [-0.1, -0.05) is 43.7 Å². The standard InChI is InChI=1S/C21H26N6O2/c1-12-6-5-7-15(8-12)9-23-18-16-19(25-10-24-18)27(11-26-16)21-14(3)13(2)17(29-21)20(28)22-4/h5-8,10-11,13-14,17,21H,9H2,1-4H3,(H,22,28)(H,23,24,25)/t13-,14?,17+,21-/m1/s1. The molecule has 1 aromatic carbocycles. The molecule has 1 amide bonds. The van der Waals surface area contributed by atoms with Gasteiger partial charge in [0.1, 0.15) is 18.7 Å². The van der Waals surface area contributed by atoms with Crippen molar-refractivity contribution in [1.29, 1.82) is 0 Å². The maximum Gasteiger partial charge on any atom is 0.249 e. The van der Waals surface area contributed by atoms with Crippen LogP contribution in [0.3, 0.4) is 0 Å². The van der Waals surface area contributed by atoms with Gasteiger partial charge in [-0.05, 0) is 18.4 Å². The molecule has 29 heavy (non-hydrogen) atoms. The number of benzene rings is 1. The first-order valence-electron chi connectivity index (χ1n) is 9.83. The number of aromatic nitrogens is 4. The minimum absolute atomic E-state index is 0.0816. The summed E-state index contributed by atoms with van der Waals surface area (Å²) in [5, 5.41) is 6.04. The largest absolute Gasteiger partial charge is 0.364 e. The molecule has 1 fully saturated rings. The van der Waals surface area contributed by atoms with E-state index in [0.717, 1.165) is 0 Å². The number of nitrogens with one attached hydrogen (secondary N) is 2. The molecule has 0 aliphatic carbocycles. The second-order valence-corrected chi connectivity index (χ2v) is 7.67. The second kappa shape index (κ2) is 7.79. The Hall–Kier alpha value is -3.00. The maximum atomic E-state index is 12.2. The lowest BCUT2D eigenvalue weighted by Gasteiger charge is -2.17. The van der Waals surface area contributed by atoms with E-state index in [4.69, 9.17) is 4.74 Å². The first-order chi connectivity index (χ1) is 14.0. The molecule has 152 valence electrons. The van der Waals surface area contributed by atoms with Crippen LogP contribution < -0.4 is 10.6 Å². The Labute approximate surface area is 169 Å². The van der Waals surface area contributed by atoms with E-state index in [0.29, 0.717) is 23.5 Å². The molecule has 0 radical (unpaired) electrons. The van der Waals surface area contributed by atoms with Crippen molar-refractivity contribution in [2.45, 2.75) is 39.6 Å². The molecule has 3 aromatic rings. The molecule has 1 unspecified atom stereocenters. The van der Waals surface area contributed by atoms with Gasteiger partial charge in [-0.2, -0.15) is 0 Å². The summed E-state index contributed by atoms with van der Waals surface area (Å²) in [5.41, 5.74) is 3.76. The topological polar surface area (TPSA) is 94.0 Å². The summed E-state index contributed by atoms with van der Waals surface area (Å²) < 4.78 is 8.01. The summed E-state index contributed by atoms with van der Waals surface area (Å²) >= 11 is 0. The molecule has 8 heteroatoms. The van der Waals surface area contributed by atoms with Crippen LogP contribution in [0.25, 0.3) is 11.2 Å². The highest BCUT2D eigenvalue weighted by molar-refractivity contribution is 5.83. The number of fused-ring (bicyclic) bond motifs is 1. The van der Waals surface area contributed by atoms with Crippen molar-refractivity contribution in [2.75, 3.05) is 12.4 Å². The fourth-order valence-electron chi connectivity index (χ4n) is 3.87. The summed E-state index contributed by atoms with van der Waals surface area (Å²) in [5.74, 6) is 0.787. The highest BCUT2D eigenvalue weighted by Gasteiger charge is 2.44. The molecule has 1 aliphatic heterocycles. The van der Waals surface area contributed by atoms with Crippen LogP contribution in [-0.2, 0) is 16.1 Å². The number of hydrogen-bond acceptors (Lipinski definition) is 6. The minimum atomic E-state index is -0.488. The van der Waals surface area contributed by atoms with Crippen LogP contribution in [0.4, 0.5) is 5.82 Å². The maximum absolute atomic E-state index is 12.2. The number of nitrogens with zero attached hydrogens (tertiary/aromatic N) is 4. The quantitative estimate of drug-likeness (QED) is 0.691. The molecule has 4 atom stereocenters. The van der Waals surface area contributed by atoms with Crippen LogP contribution in [0, 0.1) is 18.8 Å². The molecule has 2 aromatic heterocycles. The van der Waals surface area contributed by atoms with Crippen LogP contribution in [0.5, 0.6) is 0 Å². The fourth-order valence-corrected chi connectivity index (χ4v) is 3.87. The summed E-state index contributed by atoms with van der Waals surface area (Å²) in [6.45, 7) is 6.84. The van der Waals surface area contributed by atoms with Crippen LogP contribution >= 0.6 is 0 Å². The van der Waals surface area contributed by atoms with Crippen LogP contribution in [0.15, 0.2) is 36.9 Å². The van der Waals surface area contributed by atoms with Gasteiger partial charge in [0.25, 0.3) is 0 Å². The number of anilines is 1. The van der Waals surface area contributed by atoms with E-state index in [2.05, 4.69) is 57.6 Å². The number of ether oxygens (including phenoxy) is 1. The van der Waals surface area contributed by atoms with Gasteiger partial charge >= 0.3 is 0 Å². The van der Waals surface area contributed by atoms with Crippen molar-refractivity contribution in [1.82, 2.24) is 24.8 Å². The summed E-state index contributed by atoms with van der Waals surface area (Å²) in [7, 11) is 1.63. The zero-order valence-electron chi connectivity index (χ0n) is 17.1. The molecule has 3 heterocycles. The minimum Gasteiger partial charge on any atom is -0.364 e. The molecule has 1 saturated heterocycles. The average molecular weight is 394 g/mol. The number of hydrogen-bond donors (Lipinski definition) is 2. The van der Waals surface area contributed by atoms with E-state index in [1.165, 1.54) is 17.5 Å². The smallest absolute Gasteiger partial charge is 0.249 e. The Morgan fingerprint density at radius 2 is 2.03 bits per heavy atom. The molecule has 2 N–H and O–H groups in total. The highest BCUT2D eigenvalue weighted by Crippen LogP contribution is 2.40. The van der Waals surface area contributed by atoms with Crippen molar-refractivity contribution < 1.29 is 9.53 Å². The van der Waals surface area contributed by atoms with Crippen molar-refractivity contribution in [3.63, 3.8) is 0 Å². The lowest BCUT2D eigenvalue weighted by Crippen LogP contribution is -2.35. The van der Waals surface area contributed by atoms with E-state index >= 15 is 0 Å². The number of amides is 1. The third kappa shape index (κ3) is 3.55. The number of imidazole rings is 1. The Morgan fingerprint density at radius 3 is 2.79 bits per heavy atom. The predicted octanol–water partition coefficient (Wildman–Crippen LogP) is 2.66. The van der Waals surface area contributed by atoms with Crippen LogP contribution in [-0.4, -0.2) is 38.6 Å². The van der Waals surface area contributed by atoms with Gasteiger partial charge in [0, 0.05) is 19.5 Å². The van der Waals surface area contributed by atoms with E-state index in [1.54, 1.807) is 13.4 Å². The molecule has 8 nitrogen and oxygen atoms in total. The van der Waals surface area contributed by atoms with Crippen molar-refractivity contribution in [3.8, 4) is 0 Å². The number of aryl methyl sites for hydroxylation is 1. The summed E-state index contributed by atoms with van der Waals surface area (Å²) in [6, 6.07) is 8.33. The zero-order valence-corrected chi connectivity index (χ0v) is 17.1. The Kier molecular flexibility index (Phi) is 5.19. The third-order valence-electron chi connectivity index (χ3n) is 5.72. The van der Waals surface area contributed by atoms with Crippen molar-refractivity contribution in [2.24, 2.45) is 11.8 Å². The number of likely N-dealkylation sites (N-methyl/N-ethyl adjacent to an activating group) is 1. The van der Waals surface area contributed by atoms with E-state index in [-0.39, 0.29) is 24.0 Å². The molecule has 4 rings (SSSR count). The van der Waals surface area contributed by atoms with E-state index in [1.807, 2.05) is 17.6 Å². The van der Waals surface area contributed by atoms with Crippen LogP contribution in [0.2, 0.25) is 0 Å². The Balaban J connectivity index is 1.60. The number of carbonyl (C=O) groups excluding carboxylic acids is 1. The van der Waals surface area contributed by atoms with Gasteiger partial charge < -0.3 is 15.4 Å². The van der Waals surface area contributed by atoms with Gasteiger partial charge in [0.2, 0.25) is 5.91 Å². The molecule has 1 aliphatic rings. The van der Waals surface area contributed by atoms with E-state index in [9.17, 15) is 4.79 Å². The Morgan fingerprint density at radius 1 is 1.21 bits per heavy atom. The molecule has 0 bridgehead atoms. The molecular weight excluding hydrogens is 368 g/mol. The first kappa shape index (κ1) is 19.3. The molecular formula is C21H26N6O2.